The number of amides is 1. The van der Waals surface area contributed by atoms with Crippen molar-refractivity contribution in [3.63, 3.8) is 0 Å². The highest BCUT2D eigenvalue weighted by atomic mass is 32.1. The maximum absolute atomic E-state index is 11.7. The Morgan fingerprint density at radius 2 is 2.29 bits per heavy atom. The maximum atomic E-state index is 11.7. The van der Waals surface area contributed by atoms with Crippen LogP contribution in [0.4, 0.5) is 10.9 Å². The summed E-state index contributed by atoms with van der Waals surface area (Å²) < 4.78 is 0. The molecule has 0 aliphatic rings. The minimum Gasteiger partial charge on any atom is -0.476 e. The number of nitrogen functional groups attached to an aromatic ring is 1. The van der Waals surface area contributed by atoms with Crippen LogP contribution in [0.2, 0.25) is 0 Å². The van der Waals surface area contributed by atoms with E-state index >= 15 is 0 Å². The molecule has 0 atom stereocenters. The van der Waals surface area contributed by atoms with Gasteiger partial charge in [-0.2, -0.15) is 0 Å². The SMILES string of the molecule is CON=C(C(=O)O)C(=O)N(C)c1csc(N)n1. The smallest absolute Gasteiger partial charge is 0.363 e. The van der Waals surface area contributed by atoms with E-state index in [1.54, 1.807) is 0 Å². The highest BCUT2D eigenvalue weighted by Gasteiger charge is 2.26. The molecule has 0 saturated heterocycles. The predicted octanol–water partition coefficient (Wildman–Crippen LogP) is -0.225. The molecule has 8 nitrogen and oxygen atoms in total. The fraction of sp³-hybridized carbons (Fsp3) is 0.250. The van der Waals surface area contributed by atoms with Crippen molar-refractivity contribution in [2.75, 3.05) is 24.8 Å². The summed E-state index contributed by atoms with van der Waals surface area (Å²) in [6.45, 7) is 0. The van der Waals surface area contributed by atoms with E-state index in [0.29, 0.717) is 0 Å². The van der Waals surface area contributed by atoms with E-state index in [2.05, 4.69) is 15.0 Å². The minimum absolute atomic E-state index is 0.252. The van der Waals surface area contributed by atoms with Gasteiger partial charge in [0.2, 0.25) is 0 Å². The van der Waals surface area contributed by atoms with Crippen LogP contribution in [0, 0.1) is 0 Å². The second-order valence-corrected chi connectivity index (χ2v) is 3.73. The molecule has 0 aromatic carbocycles. The molecule has 1 rings (SSSR count). The normalized spacial score (nSPS) is 11.1. The van der Waals surface area contributed by atoms with Crippen LogP contribution in [0.25, 0.3) is 0 Å². The molecule has 0 bridgehead atoms. The number of carboxylic acids is 1. The van der Waals surface area contributed by atoms with Crippen molar-refractivity contribution >= 4 is 39.9 Å². The first-order chi connectivity index (χ1) is 7.97. The van der Waals surface area contributed by atoms with Crippen LogP contribution >= 0.6 is 11.3 Å². The fourth-order valence-corrected chi connectivity index (χ4v) is 1.54. The maximum Gasteiger partial charge on any atom is 0.363 e. The Morgan fingerprint density at radius 1 is 1.65 bits per heavy atom. The van der Waals surface area contributed by atoms with Crippen molar-refractivity contribution in [3.8, 4) is 0 Å². The number of carbonyl (C=O) groups is 2. The summed E-state index contributed by atoms with van der Waals surface area (Å²) >= 11 is 1.14. The summed E-state index contributed by atoms with van der Waals surface area (Å²) in [6.07, 6.45) is 0. The van der Waals surface area contributed by atoms with E-state index in [9.17, 15) is 9.59 Å². The molecule has 1 heterocycles. The highest BCUT2D eigenvalue weighted by molar-refractivity contribution is 7.13. The zero-order valence-corrected chi connectivity index (χ0v) is 9.89. The molecular weight excluding hydrogens is 248 g/mol. The van der Waals surface area contributed by atoms with Gasteiger partial charge in [0.15, 0.2) is 5.13 Å². The van der Waals surface area contributed by atoms with Gasteiger partial charge < -0.3 is 15.7 Å². The van der Waals surface area contributed by atoms with Crippen LogP contribution in [0.15, 0.2) is 10.5 Å². The Bertz CT molecular complexity index is 470. The molecule has 0 aliphatic carbocycles. The second kappa shape index (κ2) is 5.25. The van der Waals surface area contributed by atoms with Crippen molar-refractivity contribution in [2.45, 2.75) is 0 Å². The van der Waals surface area contributed by atoms with Crippen LogP contribution < -0.4 is 10.6 Å². The van der Waals surface area contributed by atoms with Crippen LogP contribution in [-0.4, -0.2) is 41.8 Å². The number of thiazole rings is 1. The summed E-state index contributed by atoms with van der Waals surface area (Å²) in [5, 5.41) is 13.7. The number of nitrogens with zero attached hydrogens (tertiary/aromatic N) is 3. The first-order valence-corrected chi connectivity index (χ1v) is 5.18. The molecule has 0 saturated carbocycles. The van der Waals surface area contributed by atoms with E-state index in [1.165, 1.54) is 12.4 Å². The number of carboxylic acid groups (broad SMARTS) is 1. The summed E-state index contributed by atoms with van der Waals surface area (Å²) in [6, 6.07) is 0. The molecular formula is C8H10N4O4S. The summed E-state index contributed by atoms with van der Waals surface area (Å²) in [5.41, 5.74) is 4.67. The first-order valence-electron chi connectivity index (χ1n) is 4.31. The third-order valence-corrected chi connectivity index (χ3v) is 2.41. The molecule has 3 N–H and O–H groups in total. The van der Waals surface area contributed by atoms with Crippen molar-refractivity contribution in [3.05, 3.63) is 5.38 Å². The minimum atomic E-state index is -1.48. The number of carbonyl (C=O) groups excluding carboxylic acids is 1. The first kappa shape index (κ1) is 12.9. The van der Waals surface area contributed by atoms with Gasteiger partial charge in [0, 0.05) is 12.4 Å². The molecule has 0 spiro atoms. The summed E-state index contributed by atoms with van der Waals surface area (Å²) in [4.78, 5) is 31.7. The lowest BCUT2D eigenvalue weighted by atomic mass is 10.3. The number of aromatic nitrogens is 1. The Labute approximate surface area is 100 Å². The van der Waals surface area contributed by atoms with Crippen molar-refractivity contribution in [1.82, 2.24) is 4.98 Å². The van der Waals surface area contributed by atoms with Gasteiger partial charge >= 0.3 is 5.97 Å². The van der Waals surface area contributed by atoms with E-state index in [1.807, 2.05) is 0 Å². The molecule has 0 aliphatic heterocycles. The van der Waals surface area contributed by atoms with Gasteiger partial charge in [-0.05, 0) is 0 Å². The van der Waals surface area contributed by atoms with Gasteiger partial charge in [-0.3, -0.25) is 9.69 Å². The topological polar surface area (TPSA) is 118 Å². The Hall–Kier alpha value is -2.16. The number of nitrogens with two attached hydrogens (primary N) is 1. The van der Waals surface area contributed by atoms with Gasteiger partial charge in [0.05, 0.1) is 0 Å². The Balaban J connectivity index is 2.96. The molecule has 17 heavy (non-hydrogen) atoms. The molecule has 92 valence electrons. The molecule has 0 unspecified atom stereocenters. The predicted molar refractivity (Wildman–Crippen MR) is 62.0 cm³/mol. The van der Waals surface area contributed by atoms with Crippen LogP contribution in [0.3, 0.4) is 0 Å². The van der Waals surface area contributed by atoms with Crippen molar-refractivity contribution < 1.29 is 19.5 Å². The van der Waals surface area contributed by atoms with E-state index in [4.69, 9.17) is 10.8 Å². The average molecular weight is 258 g/mol. The quantitative estimate of drug-likeness (QED) is 0.437. The number of hydrogen-bond donors (Lipinski definition) is 2. The molecule has 1 aromatic heterocycles. The Morgan fingerprint density at radius 3 is 2.71 bits per heavy atom. The van der Waals surface area contributed by atoms with E-state index < -0.39 is 17.6 Å². The van der Waals surface area contributed by atoms with Gasteiger partial charge in [-0.15, -0.1) is 11.3 Å². The number of rotatable bonds is 4. The molecule has 1 amide bonds. The lowest BCUT2D eigenvalue weighted by Crippen LogP contribution is -2.37. The van der Waals surface area contributed by atoms with Gasteiger partial charge in [-0.1, -0.05) is 5.16 Å². The molecule has 1 aromatic rings. The molecule has 9 heteroatoms. The zero-order chi connectivity index (χ0) is 13.0. The lowest BCUT2D eigenvalue weighted by molar-refractivity contribution is -0.130. The number of hydrogen-bond acceptors (Lipinski definition) is 7. The molecule has 0 fully saturated rings. The van der Waals surface area contributed by atoms with E-state index in [0.717, 1.165) is 23.3 Å². The van der Waals surface area contributed by atoms with Crippen LogP contribution in [0.5, 0.6) is 0 Å². The lowest BCUT2D eigenvalue weighted by Gasteiger charge is -2.12. The summed E-state index contributed by atoms with van der Waals surface area (Å²) in [5.74, 6) is -2.07. The van der Waals surface area contributed by atoms with E-state index in [-0.39, 0.29) is 10.9 Å². The van der Waals surface area contributed by atoms with Gasteiger partial charge in [0.25, 0.3) is 11.6 Å². The fourth-order valence-electron chi connectivity index (χ4n) is 0.956. The third-order valence-electron chi connectivity index (χ3n) is 1.75. The summed E-state index contributed by atoms with van der Waals surface area (Å²) in [7, 11) is 2.52. The monoisotopic (exact) mass is 258 g/mol. The van der Waals surface area contributed by atoms with Crippen molar-refractivity contribution in [2.24, 2.45) is 5.16 Å². The second-order valence-electron chi connectivity index (χ2n) is 2.84. The van der Waals surface area contributed by atoms with Gasteiger partial charge in [0.1, 0.15) is 12.9 Å². The van der Waals surface area contributed by atoms with Crippen LogP contribution in [0.1, 0.15) is 0 Å². The number of aliphatic carboxylic acids is 1. The number of anilines is 2. The zero-order valence-electron chi connectivity index (χ0n) is 9.08. The van der Waals surface area contributed by atoms with Crippen LogP contribution in [-0.2, 0) is 14.4 Å². The highest BCUT2D eigenvalue weighted by Crippen LogP contribution is 2.19. The molecule has 0 radical (unpaired) electrons. The average Bonchev–Trinajstić information content (AvgIpc) is 2.70. The Kier molecular flexibility index (Phi) is 3.99. The number of oxime groups is 1. The standard InChI is InChI=1S/C8H10N4O4S/c1-12(4-3-17-8(9)10-4)6(13)5(7(14)15)11-16-2/h3H,1-2H3,(H2,9,10)(H,14,15). The third kappa shape index (κ3) is 2.91. The largest absolute Gasteiger partial charge is 0.476 e. The van der Waals surface area contributed by atoms with Gasteiger partial charge in [-0.25, -0.2) is 9.78 Å². The van der Waals surface area contributed by atoms with Crippen molar-refractivity contribution in [1.29, 1.82) is 0 Å².